The Bertz CT molecular complexity index is 573. The molecule has 0 heterocycles. The molecule has 0 aliphatic rings. The number of nitriles is 1. The Hall–Kier alpha value is -2.43. The topological polar surface area (TPSA) is 84.0 Å². The number of ketones is 1. The van der Waals surface area contributed by atoms with Gasteiger partial charge in [-0.1, -0.05) is 0 Å². The lowest BCUT2D eigenvalue weighted by molar-refractivity contribution is -0.385. The second kappa shape index (κ2) is 4.44. The first-order valence-corrected chi connectivity index (χ1v) is 4.49. The third kappa shape index (κ3) is 2.45. The van der Waals surface area contributed by atoms with Crippen molar-refractivity contribution in [2.75, 3.05) is 0 Å². The van der Waals surface area contributed by atoms with Gasteiger partial charge >= 0.3 is 6.18 Å². The van der Waals surface area contributed by atoms with E-state index in [0.29, 0.717) is 6.07 Å². The molecule has 0 aliphatic heterocycles. The maximum atomic E-state index is 12.6. The Balaban J connectivity index is 3.74. The first kappa shape index (κ1) is 13.6. The van der Waals surface area contributed by atoms with E-state index in [-0.39, 0.29) is 6.07 Å². The Morgan fingerprint density at radius 2 is 2.00 bits per heavy atom. The highest BCUT2D eigenvalue weighted by Crippen LogP contribution is 2.36. The van der Waals surface area contributed by atoms with E-state index in [1.54, 1.807) is 0 Å². The standard InChI is InChI=1S/C10H5F3N2O3/c1-5(16)7-2-6(15(17)18)3-9(8(7)4-14)10(11,12)13/h2-3H,1H3. The molecule has 0 bridgehead atoms. The van der Waals surface area contributed by atoms with Gasteiger partial charge in [0.2, 0.25) is 0 Å². The Kier molecular flexibility index (Phi) is 3.37. The van der Waals surface area contributed by atoms with Crippen molar-refractivity contribution in [3.63, 3.8) is 0 Å². The molecule has 1 aromatic carbocycles. The van der Waals surface area contributed by atoms with E-state index in [1.165, 1.54) is 6.07 Å². The number of benzene rings is 1. The fraction of sp³-hybridized carbons (Fsp3) is 0.200. The number of halogens is 3. The van der Waals surface area contributed by atoms with Gasteiger partial charge in [0.05, 0.1) is 16.1 Å². The highest BCUT2D eigenvalue weighted by molar-refractivity contribution is 5.97. The number of Topliss-reactive ketones (excluding diaryl/α,β-unsaturated/α-hetero) is 1. The molecule has 1 aromatic rings. The van der Waals surface area contributed by atoms with E-state index in [1.807, 2.05) is 0 Å². The summed E-state index contributed by atoms with van der Waals surface area (Å²) >= 11 is 0. The summed E-state index contributed by atoms with van der Waals surface area (Å²) in [6.45, 7) is 0.931. The van der Waals surface area contributed by atoms with E-state index in [4.69, 9.17) is 5.26 Å². The number of rotatable bonds is 2. The van der Waals surface area contributed by atoms with Crippen LogP contribution in [0.5, 0.6) is 0 Å². The number of non-ortho nitro benzene ring substituents is 1. The second-order valence-corrected chi connectivity index (χ2v) is 3.34. The van der Waals surface area contributed by atoms with E-state index in [9.17, 15) is 28.1 Å². The van der Waals surface area contributed by atoms with Crippen LogP contribution in [-0.4, -0.2) is 10.7 Å². The lowest BCUT2D eigenvalue weighted by Gasteiger charge is -2.10. The Morgan fingerprint density at radius 1 is 1.44 bits per heavy atom. The SMILES string of the molecule is CC(=O)c1cc([N+](=O)[O-])cc(C(F)(F)F)c1C#N. The predicted octanol–water partition coefficient (Wildman–Crippen LogP) is 2.69. The lowest BCUT2D eigenvalue weighted by atomic mass is 9.98. The fourth-order valence-electron chi connectivity index (χ4n) is 1.35. The van der Waals surface area contributed by atoms with Gasteiger partial charge in [-0.05, 0) is 6.92 Å². The molecule has 18 heavy (non-hydrogen) atoms. The van der Waals surface area contributed by atoms with Crippen molar-refractivity contribution in [1.29, 1.82) is 5.26 Å². The molecule has 0 N–H and O–H groups in total. The van der Waals surface area contributed by atoms with Gasteiger partial charge in [-0.15, -0.1) is 0 Å². The van der Waals surface area contributed by atoms with Crippen molar-refractivity contribution in [3.8, 4) is 6.07 Å². The van der Waals surface area contributed by atoms with Crippen LogP contribution in [0.15, 0.2) is 12.1 Å². The first-order valence-electron chi connectivity index (χ1n) is 4.49. The monoisotopic (exact) mass is 258 g/mol. The number of carbonyl (C=O) groups is 1. The average Bonchev–Trinajstić information content (AvgIpc) is 2.25. The highest BCUT2D eigenvalue weighted by atomic mass is 19.4. The number of hydrogen-bond donors (Lipinski definition) is 0. The summed E-state index contributed by atoms with van der Waals surface area (Å²) in [5.41, 5.74) is -3.88. The van der Waals surface area contributed by atoms with Crippen LogP contribution in [0.2, 0.25) is 0 Å². The van der Waals surface area contributed by atoms with Gasteiger partial charge < -0.3 is 0 Å². The molecule has 0 radical (unpaired) electrons. The minimum atomic E-state index is -4.94. The van der Waals surface area contributed by atoms with Gasteiger partial charge in [0.25, 0.3) is 5.69 Å². The van der Waals surface area contributed by atoms with Crippen LogP contribution in [0.1, 0.15) is 28.4 Å². The molecule has 8 heteroatoms. The Labute approximate surface area is 98.6 Å². The smallest absolute Gasteiger partial charge is 0.294 e. The summed E-state index contributed by atoms with van der Waals surface area (Å²) in [5, 5.41) is 19.2. The number of hydrogen-bond acceptors (Lipinski definition) is 4. The van der Waals surface area contributed by atoms with Gasteiger partial charge in [-0.3, -0.25) is 14.9 Å². The zero-order valence-electron chi connectivity index (χ0n) is 8.91. The van der Waals surface area contributed by atoms with E-state index >= 15 is 0 Å². The van der Waals surface area contributed by atoms with Crippen molar-refractivity contribution >= 4 is 11.5 Å². The van der Waals surface area contributed by atoms with Crippen molar-refractivity contribution in [3.05, 3.63) is 38.9 Å². The van der Waals surface area contributed by atoms with Crippen molar-refractivity contribution < 1.29 is 22.9 Å². The molecule has 0 saturated heterocycles. The summed E-state index contributed by atoms with van der Waals surface area (Å²) < 4.78 is 37.9. The molecule has 5 nitrogen and oxygen atoms in total. The van der Waals surface area contributed by atoms with Crippen LogP contribution < -0.4 is 0 Å². The Morgan fingerprint density at radius 3 is 2.33 bits per heavy atom. The molecule has 0 aliphatic carbocycles. The maximum Gasteiger partial charge on any atom is 0.417 e. The van der Waals surface area contributed by atoms with Crippen LogP contribution in [-0.2, 0) is 6.18 Å². The van der Waals surface area contributed by atoms with Gasteiger partial charge in [-0.2, -0.15) is 18.4 Å². The van der Waals surface area contributed by atoms with E-state index in [2.05, 4.69) is 0 Å². The number of carbonyl (C=O) groups excluding carboxylic acids is 1. The minimum absolute atomic E-state index is 0.241. The van der Waals surface area contributed by atoms with Crippen LogP contribution in [0.25, 0.3) is 0 Å². The molecular weight excluding hydrogens is 253 g/mol. The zero-order chi connectivity index (χ0) is 14.1. The molecule has 0 saturated carbocycles. The van der Waals surface area contributed by atoms with Gasteiger partial charge in [0.15, 0.2) is 5.78 Å². The lowest BCUT2D eigenvalue weighted by Crippen LogP contribution is -2.12. The van der Waals surface area contributed by atoms with Crippen LogP contribution in [0, 0.1) is 21.4 Å². The number of nitrogens with zero attached hydrogens (tertiary/aromatic N) is 2. The number of alkyl halides is 3. The third-order valence-electron chi connectivity index (χ3n) is 2.13. The molecule has 1 rings (SSSR count). The summed E-state index contributed by atoms with van der Waals surface area (Å²) in [6, 6.07) is 2.16. The van der Waals surface area contributed by atoms with Crippen molar-refractivity contribution in [2.24, 2.45) is 0 Å². The molecule has 0 spiro atoms. The second-order valence-electron chi connectivity index (χ2n) is 3.34. The van der Waals surface area contributed by atoms with Crippen LogP contribution in [0.4, 0.5) is 18.9 Å². The van der Waals surface area contributed by atoms with Crippen molar-refractivity contribution in [2.45, 2.75) is 13.1 Å². The summed E-state index contributed by atoms with van der Waals surface area (Å²) in [7, 11) is 0. The predicted molar refractivity (Wildman–Crippen MR) is 52.8 cm³/mol. The third-order valence-corrected chi connectivity index (χ3v) is 2.13. The van der Waals surface area contributed by atoms with Gasteiger partial charge in [0.1, 0.15) is 6.07 Å². The first-order chi connectivity index (χ1) is 8.18. The molecule has 0 amide bonds. The molecule has 0 fully saturated rings. The molecule has 94 valence electrons. The molecule has 0 aromatic heterocycles. The minimum Gasteiger partial charge on any atom is -0.294 e. The molecule has 0 unspecified atom stereocenters. The summed E-state index contributed by atoms with van der Waals surface area (Å²) in [5.74, 6) is -0.847. The summed E-state index contributed by atoms with van der Waals surface area (Å²) in [4.78, 5) is 20.6. The molecular formula is C10H5F3N2O3. The van der Waals surface area contributed by atoms with Gasteiger partial charge in [-0.25, -0.2) is 0 Å². The quantitative estimate of drug-likeness (QED) is 0.463. The number of nitro benzene ring substituents is 1. The fourth-order valence-corrected chi connectivity index (χ4v) is 1.35. The van der Waals surface area contributed by atoms with Crippen molar-refractivity contribution in [1.82, 2.24) is 0 Å². The number of nitro groups is 1. The average molecular weight is 258 g/mol. The largest absolute Gasteiger partial charge is 0.417 e. The summed E-state index contributed by atoms with van der Waals surface area (Å²) in [6.07, 6.45) is -4.94. The van der Waals surface area contributed by atoms with E-state index in [0.717, 1.165) is 6.92 Å². The zero-order valence-corrected chi connectivity index (χ0v) is 8.91. The normalized spacial score (nSPS) is 10.8. The van der Waals surface area contributed by atoms with Gasteiger partial charge in [0, 0.05) is 17.7 Å². The highest BCUT2D eigenvalue weighted by Gasteiger charge is 2.37. The molecule has 0 atom stereocenters. The van der Waals surface area contributed by atoms with Crippen LogP contribution >= 0.6 is 0 Å². The van der Waals surface area contributed by atoms with E-state index < -0.39 is 39.3 Å². The maximum absolute atomic E-state index is 12.6. The van der Waals surface area contributed by atoms with Crippen LogP contribution in [0.3, 0.4) is 0 Å².